The smallest absolute Gasteiger partial charge is 0.462 e. The zero-order valence-electron chi connectivity index (χ0n) is 63.1. The van der Waals surface area contributed by atoms with Crippen LogP contribution in [-0.2, 0) is 65.4 Å². The van der Waals surface area contributed by atoms with E-state index in [0.29, 0.717) is 25.7 Å². The largest absolute Gasteiger partial charge is 0.472 e. The fourth-order valence-corrected chi connectivity index (χ4v) is 12.1. The standard InChI is InChI=1S/C81H142O17P2/c1-5-9-13-17-21-25-29-33-36-37-40-43-46-50-54-58-62-66-79(84)92-72-77(98-81(86)68-64-60-56-52-48-44-39-35-31-27-23-19-15-11-7-3)74-96-100(89,90)94-70-75(82)69-93-99(87,88)95-73-76(97-80(85)67-63-59-55-51-47-41-32-28-24-20-16-12-8-4)71-91-78(83)65-61-57-53-49-45-42-38-34-30-26-22-18-14-10-6-2/h9,13,16,20-22,25-26,28,32-36,38-39,75-77,82H,5-8,10-12,14-15,17-19,23-24,27,29-31,37,40-74H2,1-4H3,(H,87,88)(H,89,90)/b13-9-,20-16-,25-21-,26-22-,32-28-,36-33-,38-34-,39-35-. The molecule has 578 valence electrons. The van der Waals surface area contributed by atoms with Crippen LogP contribution >= 0.6 is 15.6 Å². The minimum absolute atomic E-state index is 0.0759. The van der Waals surface area contributed by atoms with Crippen LogP contribution in [0, 0.1) is 0 Å². The fraction of sp³-hybridized carbons (Fsp3) is 0.753. The van der Waals surface area contributed by atoms with Gasteiger partial charge in [0.15, 0.2) is 12.2 Å². The van der Waals surface area contributed by atoms with Crippen molar-refractivity contribution in [1.29, 1.82) is 0 Å². The number of hydrogen-bond donors (Lipinski definition) is 3. The minimum atomic E-state index is -4.98. The van der Waals surface area contributed by atoms with E-state index in [1.165, 1.54) is 57.8 Å². The molecule has 0 aliphatic rings. The molecule has 0 aromatic rings. The molecule has 0 aromatic carbocycles. The number of carbonyl (C=O) groups excluding carboxylic acids is 4. The van der Waals surface area contributed by atoms with Gasteiger partial charge in [-0.15, -0.1) is 0 Å². The number of phosphoric ester groups is 2. The topological polar surface area (TPSA) is 237 Å². The third kappa shape index (κ3) is 72.3. The van der Waals surface area contributed by atoms with Gasteiger partial charge in [0, 0.05) is 25.7 Å². The molecular formula is C81H142O17P2. The molecular weight excluding hydrogens is 1310 g/mol. The van der Waals surface area contributed by atoms with E-state index in [4.69, 9.17) is 37.0 Å². The molecule has 0 saturated heterocycles. The molecule has 5 atom stereocenters. The first-order valence-electron chi connectivity index (χ1n) is 39.5. The van der Waals surface area contributed by atoms with E-state index >= 15 is 0 Å². The van der Waals surface area contributed by atoms with Gasteiger partial charge in [-0.1, -0.05) is 266 Å². The number of allylic oxidation sites excluding steroid dienone is 16. The summed E-state index contributed by atoms with van der Waals surface area (Å²) in [5, 5.41) is 10.6. The molecule has 0 radical (unpaired) electrons. The molecule has 0 saturated carbocycles. The van der Waals surface area contributed by atoms with Gasteiger partial charge in [-0.05, 0) is 141 Å². The number of esters is 4. The van der Waals surface area contributed by atoms with Gasteiger partial charge in [0.25, 0.3) is 0 Å². The number of phosphoric acid groups is 2. The summed E-state index contributed by atoms with van der Waals surface area (Å²) in [6, 6.07) is 0. The van der Waals surface area contributed by atoms with Crippen LogP contribution in [0.1, 0.15) is 336 Å². The number of ether oxygens (including phenoxy) is 4. The highest BCUT2D eigenvalue weighted by Crippen LogP contribution is 2.45. The SMILES string of the molecule is CC/C=C\C/C=C\C/C=C\CCCCCCCCCC(=O)OCC(COP(=O)(O)OCC(O)COP(=O)(O)OCC(COC(=O)CCCCCCC/C=C\C/C=C\CCCCC)OC(=O)CCCCCCC/C=C\C/C=C\CCC)OC(=O)CCCCCCC/C=C\CCCCCCCC. The summed E-state index contributed by atoms with van der Waals surface area (Å²) in [5.41, 5.74) is 0. The predicted molar refractivity (Wildman–Crippen MR) is 409 cm³/mol. The maximum absolute atomic E-state index is 13.1. The first kappa shape index (κ1) is 96.0. The Morgan fingerprint density at radius 3 is 0.870 bits per heavy atom. The van der Waals surface area contributed by atoms with Crippen LogP contribution in [0.25, 0.3) is 0 Å². The molecule has 0 aliphatic heterocycles. The van der Waals surface area contributed by atoms with E-state index in [2.05, 4.69) is 125 Å². The lowest BCUT2D eigenvalue weighted by Gasteiger charge is -2.21. The molecule has 0 aromatic heterocycles. The molecule has 0 aliphatic carbocycles. The van der Waals surface area contributed by atoms with Crippen LogP contribution in [0.15, 0.2) is 97.2 Å². The number of aliphatic hydroxyl groups is 1. The monoisotopic (exact) mass is 1450 g/mol. The van der Waals surface area contributed by atoms with E-state index in [-0.39, 0.29) is 25.7 Å². The predicted octanol–water partition coefficient (Wildman–Crippen LogP) is 22.8. The van der Waals surface area contributed by atoms with Gasteiger partial charge < -0.3 is 33.8 Å². The minimum Gasteiger partial charge on any atom is -0.462 e. The summed E-state index contributed by atoms with van der Waals surface area (Å²) < 4.78 is 68.5. The zero-order valence-corrected chi connectivity index (χ0v) is 64.9. The van der Waals surface area contributed by atoms with E-state index < -0.39 is 97.5 Å². The van der Waals surface area contributed by atoms with Gasteiger partial charge in [-0.2, -0.15) is 0 Å². The zero-order chi connectivity index (χ0) is 73.2. The lowest BCUT2D eigenvalue weighted by Crippen LogP contribution is -2.30. The molecule has 3 N–H and O–H groups in total. The summed E-state index contributed by atoms with van der Waals surface area (Å²) >= 11 is 0. The van der Waals surface area contributed by atoms with Gasteiger partial charge in [0.1, 0.15) is 19.3 Å². The van der Waals surface area contributed by atoms with Crippen molar-refractivity contribution in [2.24, 2.45) is 0 Å². The number of hydrogen-bond acceptors (Lipinski definition) is 15. The second-order valence-electron chi connectivity index (χ2n) is 26.3. The number of aliphatic hydroxyl groups excluding tert-OH is 1. The fourth-order valence-electron chi connectivity index (χ4n) is 10.5. The molecule has 0 fully saturated rings. The lowest BCUT2D eigenvalue weighted by atomic mass is 10.1. The third-order valence-electron chi connectivity index (χ3n) is 16.5. The number of unbranched alkanes of at least 4 members (excludes halogenated alkanes) is 32. The highest BCUT2D eigenvalue weighted by atomic mass is 31.2. The Hall–Kier alpha value is -4.02. The summed E-state index contributed by atoms with van der Waals surface area (Å²) in [4.78, 5) is 72.9. The Balaban J connectivity index is 5.36. The quantitative estimate of drug-likeness (QED) is 0.0169. The molecule has 0 amide bonds. The summed E-state index contributed by atoms with van der Waals surface area (Å²) in [6.07, 6.45) is 76.7. The first-order chi connectivity index (χ1) is 48.7. The number of carbonyl (C=O) groups is 4. The van der Waals surface area contributed by atoms with Crippen molar-refractivity contribution >= 4 is 39.5 Å². The van der Waals surface area contributed by atoms with Crippen molar-refractivity contribution in [3.8, 4) is 0 Å². The molecule has 0 rings (SSSR count). The van der Waals surface area contributed by atoms with Crippen molar-refractivity contribution in [2.75, 3.05) is 39.6 Å². The molecule has 0 heterocycles. The number of rotatable bonds is 74. The van der Waals surface area contributed by atoms with Crippen LogP contribution in [-0.4, -0.2) is 96.7 Å². The van der Waals surface area contributed by atoms with Gasteiger partial charge in [-0.25, -0.2) is 9.13 Å². The first-order valence-corrected chi connectivity index (χ1v) is 42.5. The Bertz CT molecular complexity index is 2270. The van der Waals surface area contributed by atoms with Gasteiger partial charge >= 0.3 is 39.5 Å². The average molecular weight is 1450 g/mol. The average Bonchev–Trinajstić information content (AvgIpc) is 1.06. The van der Waals surface area contributed by atoms with E-state index in [9.17, 15) is 43.2 Å². The third-order valence-corrected chi connectivity index (χ3v) is 18.4. The lowest BCUT2D eigenvalue weighted by molar-refractivity contribution is -0.161. The molecule has 17 nitrogen and oxygen atoms in total. The maximum atomic E-state index is 13.1. The Morgan fingerprint density at radius 1 is 0.290 bits per heavy atom. The van der Waals surface area contributed by atoms with Crippen molar-refractivity contribution in [1.82, 2.24) is 0 Å². The Labute approximate surface area is 607 Å². The molecule has 0 spiro atoms. The van der Waals surface area contributed by atoms with Gasteiger partial charge in [0.05, 0.1) is 26.4 Å². The van der Waals surface area contributed by atoms with E-state index in [1.54, 1.807) is 0 Å². The van der Waals surface area contributed by atoms with Gasteiger partial charge in [-0.3, -0.25) is 37.3 Å². The highest BCUT2D eigenvalue weighted by Gasteiger charge is 2.30. The Kier molecular flexibility index (Phi) is 70.4. The van der Waals surface area contributed by atoms with Crippen LogP contribution in [0.2, 0.25) is 0 Å². The second kappa shape index (κ2) is 73.3. The summed E-state index contributed by atoms with van der Waals surface area (Å²) in [7, 11) is -9.96. The Morgan fingerprint density at radius 2 is 0.540 bits per heavy atom. The normalized spacial score (nSPS) is 14.4. The molecule has 5 unspecified atom stereocenters. The molecule has 19 heteroatoms. The maximum Gasteiger partial charge on any atom is 0.472 e. The molecule has 100 heavy (non-hydrogen) atoms. The molecule has 0 bridgehead atoms. The van der Waals surface area contributed by atoms with E-state index in [1.807, 2.05) is 0 Å². The summed E-state index contributed by atoms with van der Waals surface area (Å²) in [5.74, 6) is -2.21. The van der Waals surface area contributed by atoms with E-state index in [0.717, 1.165) is 199 Å². The van der Waals surface area contributed by atoms with Crippen molar-refractivity contribution in [3.05, 3.63) is 97.2 Å². The highest BCUT2D eigenvalue weighted by molar-refractivity contribution is 7.47. The van der Waals surface area contributed by atoms with Crippen molar-refractivity contribution in [3.63, 3.8) is 0 Å². The summed E-state index contributed by atoms with van der Waals surface area (Å²) in [6.45, 7) is 4.65. The van der Waals surface area contributed by atoms with Crippen LogP contribution in [0.5, 0.6) is 0 Å². The second-order valence-corrected chi connectivity index (χ2v) is 29.2. The van der Waals surface area contributed by atoms with Gasteiger partial charge in [0.2, 0.25) is 0 Å². The van der Waals surface area contributed by atoms with Crippen LogP contribution in [0.3, 0.4) is 0 Å². The van der Waals surface area contributed by atoms with Crippen molar-refractivity contribution in [2.45, 2.75) is 354 Å². The van der Waals surface area contributed by atoms with Crippen LogP contribution < -0.4 is 0 Å². The van der Waals surface area contributed by atoms with Crippen molar-refractivity contribution < 1.29 is 80.2 Å². The van der Waals surface area contributed by atoms with Crippen LogP contribution in [0.4, 0.5) is 0 Å².